The molecule has 0 aromatic rings. The first-order valence-corrected chi connectivity index (χ1v) is 5.45. The lowest BCUT2D eigenvalue weighted by Crippen LogP contribution is -2.08. The summed E-state index contributed by atoms with van der Waals surface area (Å²) in [7, 11) is 0. The molecule has 0 aromatic carbocycles. The van der Waals surface area contributed by atoms with Crippen molar-refractivity contribution in [2.24, 2.45) is 10.9 Å². The first kappa shape index (κ1) is 15.0. The Balaban J connectivity index is 3.45. The van der Waals surface area contributed by atoms with E-state index >= 15 is 0 Å². The Labute approximate surface area is 97.3 Å². The van der Waals surface area contributed by atoms with Gasteiger partial charge in [0.2, 0.25) is 0 Å². The summed E-state index contributed by atoms with van der Waals surface area (Å²) in [5.41, 5.74) is 1.11. The van der Waals surface area contributed by atoms with E-state index in [4.69, 9.17) is 4.89 Å². The van der Waals surface area contributed by atoms with Gasteiger partial charge in [0.1, 0.15) is 13.2 Å². The van der Waals surface area contributed by atoms with Gasteiger partial charge in [-0.2, -0.15) is 0 Å². The average Bonchev–Trinajstić information content (AvgIpc) is 2.21. The largest absolute Gasteiger partial charge is 0.292 e. The van der Waals surface area contributed by atoms with Gasteiger partial charge in [0.05, 0.1) is 6.54 Å². The number of aliphatic imine (C=N–C) groups is 1. The summed E-state index contributed by atoms with van der Waals surface area (Å²) >= 11 is 0. The smallest absolute Gasteiger partial charge is 0.184 e. The molecule has 0 heterocycles. The Kier molecular flexibility index (Phi) is 8.66. The zero-order chi connectivity index (χ0) is 12.4. The highest BCUT2D eigenvalue weighted by Gasteiger charge is 1.97. The molecule has 0 unspecified atom stereocenters. The molecular weight excluding hydrogens is 206 g/mol. The van der Waals surface area contributed by atoms with Crippen LogP contribution in [-0.2, 0) is 14.6 Å². The van der Waals surface area contributed by atoms with Gasteiger partial charge in [-0.05, 0) is 25.3 Å². The van der Waals surface area contributed by atoms with Crippen molar-refractivity contribution in [2.75, 3.05) is 19.8 Å². The van der Waals surface area contributed by atoms with E-state index in [1.165, 1.54) is 6.08 Å². The quantitative estimate of drug-likeness (QED) is 0.199. The van der Waals surface area contributed by atoms with Crippen molar-refractivity contribution >= 4 is 11.5 Å². The van der Waals surface area contributed by atoms with Crippen LogP contribution in [0.2, 0.25) is 0 Å². The fourth-order valence-electron chi connectivity index (χ4n) is 1.15. The molecule has 0 amide bonds. The summed E-state index contributed by atoms with van der Waals surface area (Å²) in [6, 6.07) is 0. The standard InChI is InChI=1S/C12H21NO3/c1-5-12(14)9-16-15-7-6-13-11(4)8-10(2)3/h5,10H,1,6-9H2,2-4H3. The van der Waals surface area contributed by atoms with E-state index in [-0.39, 0.29) is 12.4 Å². The summed E-state index contributed by atoms with van der Waals surface area (Å²) in [4.78, 5) is 24.5. The average molecular weight is 227 g/mol. The Morgan fingerprint density at radius 3 is 2.69 bits per heavy atom. The number of hydrogen-bond acceptors (Lipinski definition) is 4. The molecule has 0 aliphatic carbocycles. The van der Waals surface area contributed by atoms with Crippen molar-refractivity contribution in [1.82, 2.24) is 0 Å². The summed E-state index contributed by atoms with van der Waals surface area (Å²) in [5, 5.41) is 0. The molecule has 16 heavy (non-hydrogen) atoms. The summed E-state index contributed by atoms with van der Waals surface area (Å²) in [6.07, 6.45) is 2.20. The lowest BCUT2D eigenvalue weighted by atomic mass is 10.1. The zero-order valence-electron chi connectivity index (χ0n) is 10.4. The van der Waals surface area contributed by atoms with Gasteiger partial charge < -0.3 is 0 Å². The number of nitrogens with zero attached hydrogens (tertiary/aromatic N) is 1. The molecule has 0 aromatic heterocycles. The Morgan fingerprint density at radius 1 is 1.44 bits per heavy atom. The third-order valence-corrected chi connectivity index (χ3v) is 1.77. The molecule has 4 nitrogen and oxygen atoms in total. The van der Waals surface area contributed by atoms with Crippen LogP contribution in [0.25, 0.3) is 0 Å². The second kappa shape index (κ2) is 9.24. The minimum Gasteiger partial charge on any atom is -0.292 e. The summed E-state index contributed by atoms with van der Waals surface area (Å²) < 4.78 is 0. The molecule has 0 bridgehead atoms. The maximum atomic E-state index is 10.7. The monoisotopic (exact) mass is 227 g/mol. The lowest BCUT2D eigenvalue weighted by molar-refractivity contribution is -0.285. The van der Waals surface area contributed by atoms with Crippen LogP contribution in [0.5, 0.6) is 0 Å². The molecule has 0 aliphatic heterocycles. The molecule has 92 valence electrons. The highest BCUT2D eigenvalue weighted by atomic mass is 17.2. The van der Waals surface area contributed by atoms with E-state index in [2.05, 4.69) is 30.3 Å². The van der Waals surface area contributed by atoms with Gasteiger partial charge in [0.15, 0.2) is 5.78 Å². The SMILES string of the molecule is C=CC(=O)COOCCN=C(C)CC(C)C. The number of carbonyl (C=O) groups is 1. The summed E-state index contributed by atoms with van der Waals surface area (Å²) in [6.45, 7) is 10.5. The van der Waals surface area contributed by atoms with Crippen molar-refractivity contribution < 1.29 is 14.6 Å². The third kappa shape index (κ3) is 9.55. The maximum absolute atomic E-state index is 10.7. The first-order chi connectivity index (χ1) is 7.56. The van der Waals surface area contributed by atoms with E-state index in [0.717, 1.165) is 12.1 Å². The van der Waals surface area contributed by atoms with Gasteiger partial charge in [-0.1, -0.05) is 20.4 Å². The van der Waals surface area contributed by atoms with Gasteiger partial charge in [-0.25, -0.2) is 9.78 Å². The number of carbonyl (C=O) groups excluding carboxylic acids is 1. The molecule has 0 spiro atoms. The number of ketones is 1. The Morgan fingerprint density at radius 2 is 2.12 bits per heavy atom. The molecule has 0 radical (unpaired) electrons. The van der Waals surface area contributed by atoms with Gasteiger partial charge >= 0.3 is 0 Å². The predicted octanol–water partition coefficient (Wildman–Crippen LogP) is 2.20. The lowest BCUT2D eigenvalue weighted by Gasteiger charge is -2.04. The number of rotatable bonds is 9. The van der Waals surface area contributed by atoms with E-state index in [1.807, 2.05) is 6.92 Å². The molecule has 0 N–H and O–H groups in total. The molecule has 0 saturated heterocycles. The highest BCUT2D eigenvalue weighted by molar-refractivity contribution is 5.90. The van der Waals surface area contributed by atoms with Gasteiger partial charge in [-0.3, -0.25) is 9.79 Å². The van der Waals surface area contributed by atoms with Crippen LogP contribution in [0, 0.1) is 5.92 Å². The van der Waals surface area contributed by atoms with E-state index < -0.39 is 0 Å². The van der Waals surface area contributed by atoms with Crippen LogP contribution >= 0.6 is 0 Å². The van der Waals surface area contributed by atoms with Crippen molar-refractivity contribution in [3.05, 3.63) is 12.7 Å². The third-order valence-electron chi connectivity index (χ3n) is 1.77. The van der Waals surface area contributed by atoms with Crippen molar-refractivity contribution in [3.63, 3.8) is 0 Å². The van der Waals surface area contributed by atoms with E-state index in [1.54, 1.807) is 0 Å². The fourth-order valence-corrected chi connectivity index (χ4v) is 1.15. The minimum atomic E-state index is -0.195. The fraction of sp³-hybridized carbons (Fsp3) is 0.667. The highest BCUT2D eigenvalue weighted by Crippen LogP contribution is 2.00. The number of hydrogen-bond donors (Lipinski definition) is 0. The first-order valence-electron chi connectivity index (χ1n) is 5.45. The second-order valence-electron chi connectivity index (χ2n) is 3.97. The molecule has 0 atom stereocenters. The normalized spacial score (nSPS) is 11.9. The van der Waals surface area contributed by atoms with Crippen LogP contribution in [0.3, 0.4) is 0 Å². The molecule has 0 rings (SSSR count). The zero-order valence-corrected chi connectivity index (χ0v) is 10.4. The van der Waals surface area contributed by atoms with E-state index in [0.29, 0.717) is 19.1 Å². The molecule has 4 heteroatoms. The van der Waals surface area contributed by atoms with Crippen LogP contribution in [0.1, 0.15) is 27.2 Å². The van der Waals surface area contributed by atoms with Crippen molar-refractivity contribution in [2.45, 2.75) is 27.2 Å². The second-order valence-corrected chi connectivity index (χ2v) is 3.97. The summed E-state index contributed by atoms with van der Waals surface area (Å²) in [5.74, 6) is 0.422. The maximum Gasteiger partial charge on any atom is 0.184 e. The van der Waals surface area contributed by atoms with Crippen LogP contribution in [0.4, 0.5) is 0 Å². The molecule has 0 fully saturated rings. The van der Waals surface area contributed by atoms with Gasteiger partial charge in [-0.15, -0.1) is 0 Å². The Bertz CT molecular complexity index is 247. The topological polar surface area (TPSA) is 47.9 Å². The molecular formula is C12H21NO3. The van der Waals surface area contributed by atoms with Crippen molar-refractivity contribution in [3.8, 4) is 0 Å². The molecule has 0 aliphatic rings. The van der Waals surface area contributed by atoms with Gasteiger partial charge in [0, 0.05) is 5.71 Å². The Hall–Kier alpha value is -1.00. The van der Waals surface area contributed by atoms with E-state index in [9.17, 15) is 4.79 Å². The van der Waals surface area contributed by atoms with Gasteiger partial charge in [0.25, 0.3) is 0 Å². The minimum absolute atomic E-state index is 0.0851. The predicted molar refractivity (Wildman–Crippen MR) is 64.5 cm³/mol. The molecule has 0 saturated carbocycles. The van der Waals surface area contributed by atoms with Crippen LogP contribution < -0.4 is 0 Å². The van der Waals surface area contributed by atoms with Crippen LogP contribution in [0.15, 0.2) is 17.6 Å². The van der Waals surface area contributed by atoms with Crippen molar-refractivity contribution in [1.29, 1.82) is 0 Å². The van der Waals surface area contributed by atoms with Crippen LogP contribution in [-0.4, -0.2) is 31.3 Å².